The van der Waals surface area contributed by atoms with Crippen molar-refractivity contribution in [3.05, 3.63) is 29.8 Å². The van der Waals surface area contributed by atoms with Gasteiger partial charge in [-0.1, -0.05) is 12.1 Å². The Morgan fingerprint density at radius 1 is 1.35 bits per heavy atom. The van der Waals surface area contributed by atoms with Crippen LogP contribution in [-0.4, -0.2) is 24.3 Å². The summed E-state index contributed by atoms with van der Waals surface area (Å²) in [4.78, 5) is 11.2. The Morgan fingerprint density at radius 3 is 2.41 bits per heavy atom. The smallest absolute Gasteiger partial charge is 0.387 e. The molecule has 0 fully saturated rings. The van der Waals surface area contributed by atoms with E-state index >= 15 is 0 Å². The third-order valence-corrected chi connectivity index (χ3v) is 1.93. The van der Waals surface area contributed by atoms with Crippen LogP contribution in [-0.2, 0) is 9.53 Å². The monoisotopic (exact) mass is 246 g/mol. The summed E-state index contributed by atoms with van der Waals surface area (Å²) in [5.74, 6) is -0.824. The predicted molar refractivity (Wildman–Crippen MR) is 54.7 cm³/mol. The van der Waals surface area contributed by atoms with Gasteiger partial charge in [-0.3, -0.25) is 0 Å². The largest absolute Gasteiger partial charge is 0.464 e. The molecule has 1 aromatic rings. The molecule has 0 aliphatic heterocycles. The third kappa shape index (κ3) is 3.99. The highest BCUT2D eigenvalue weighted by molar-refractivity contribution is 5.76. The first-order valence-electron chi connectivity index (χ1n) is 4.94. The molecule has 17 heavy (non-hydrogen) atoms. The van der Waals surface area contributed by atoms with Crippen LogP contribution in [0.25, 0.3) is 0 Å². The Morgan fingerprint density at radius 2 is 1.94 bits per heavy atom. The van der Waals surface area contributed by atoms with E-state index in [0.717, 1.165) is 0 Å². The van der Waals surface area contributed by atoms with Gasteiger partial charge in [0.2, 0.25) is 0 Å². The molecule has 0 radical (unpaired) electrons. The molecule has 1 rings (SSSR count). The Bertz CT molecular complexity index is 364. The van der Waals surface area contributed by atoms with Gasteiger partial charge in [-0.2, -0.15) is 8.78 Å². The summed E-state index contributed by atoms with van der Waals surface area (Å²) in [5.41, 5.74) is 0.255. The quantitative estimate of drug-likeness (QED) is 0.806. The maximum absolute atomic E-state index is 11.9. The number of esters is 1. The molecule has 0 spiro atoms. The van der Waals surface area contributed by atoms with Crippen molar-refractivity contribution < 1.29 is 28.2 Å². The topological polar surface area (TPSA) is 55.8 Å². The molecule has 94 valence electrons. The van der Waals surface area contributed by atoms with Crippen LogP contribution in [0.2, 0.25) is 0 Å². The highest BCUT2D eigenvalue weighted by Gasteiger charge is 2.18. The SMILES string of the molecule is CCOC(=O)C(O)c1ccc(OC(F)F)cc1. The molecule has 0 bridgehead atoms. The van der Waals surface area contributed by atoms with Crippen LogP contribution in [0.15, 0.2) is 24.3 Å². The number of benzene rings is 1. The summed E-state index contributed by atoms with van der Waals surface area (Å²) in [6, 6.07) is 5.12. The van der Waals surface area contributed by atoms with Crippen LogP contribution < -0.4 is 4.74 Å². The number of halogens is 2. The van der Waals surface area contributed by atoms with Crippen LogP contribution in [0.3, 0.4) is 0 Å². The number of alkyl halides is 2. The molecule has 0 aliphatic rings. The normalized spacial score (nSPS) is 12.3. The zero-order valence-electron chi connectivity index (χ0n) is 9.10. The first kappa shape index (κ1) is 13.4. The average molecular weight is 246 g/mol. The van der Waals surface area contributed by atoms with Crippen molar-refractivity contribution in [3.63, 3.8) is 0 Å². The molecular weight excluding hydrogens is 234 g/mol. The summed E-state index contributed by atoms with van der Waals surface area (Å²) in [5, 5.41) is 9.53. The van der Waals surface area contributed by atoms with E-state index < -0.39 is 18.7 Å². The number of hydrogen-bond donors (Lipinski definition) is 1. The molecule has 1 N–H and O–H groups in total. The molecule has 0 heterocycles. The second-order valence-corrected chi connectivity index (χ2v) is 3.10. The molecule has 0 saturated heterocycles. The zero-order chi connectivity index (χ0) is 12.8. The molecule has 6 heteroatoms. The van der Waals surface area contributed by atoms with E-state index in [1.807, 2.05) is 0 Å². The van der Waals surface area contributed by atoms with Gasteiger partial charge < -0.3 is 14.6 Å². The van der Waals surface area contributed by atoms with Gasteiger partial charge in [-0.05, 0) is 24.6 Å². The fourth-order valence-corrected chi connectivity index (χ4v) is 1.19. The van der Waals surface area contributed by atoms with Gasteiger partial charge in [0.15, 0.2) is 6.10 Å². The van der Waals surface area contributed by atoms with E-state index in [9.17, 15) is 18.7 Å². The third-order valence-electron chi connectivity index (χ3n) is 1.93. The van der Waals surface area contributed by atoms with Gasteiger partial charge in [0, 0.05) is 0 Å². The highest BCUT2D eigenvalue weighted by Crippen LogP contribution is 2.20. The average Bonchev–Trinajstić information content (AvgIpc) is 2.28. The number of hydrogen-bond acceptors (Lipinski definition) is 4. The van der Waals surface area contributed by atoms with Crippen molar-refractivity contribution >= 4 is 5.97 Å². The van der Waals surface area contributed by atoms with E-state index in [4.69, 9.17) is 0 Å². The summed E-state index contributed by atoms with van der Waals surface area (Å²) in [6.45, 7) is -1.14. The van der Waals surface area contributed by atoms with Gasteiger partial charge in [-0.25, -0.2) is 4.79 Å². The van der Waals surface area contributed by atoms with E-state index in [-0.39, 0.29) is 17.9 Å². The van der Waals surface area contributed by atoms with E-state index in [1.165, 1.54) is 24.3 Å². The van der Waals surface area contributed by atoms with Crippen LogP contribution in [0, 0.1) is 0 Å². The Hall–Kier alpha value is -1.69. The fraction of sp³-hybridized carbons (Fsp3) is 0.364. The molecule has 1 aromatic carbocycles. The van der Waals surface area contributed by atoms with Crippen molar-refractivity contribution in [1.29, 1.82) is 0 Å². The lowest BCUT2D eigenvalue weighted by Gasteiger charge is -2.10. The minimum absolute atomic E-state index is 0.0418. The van der Waals surface area contributed by atoms with Crippen molar-refractivity contribution in [2.24, 2.45) is 0 Å². The van der Waals surface area contributed by atoms with Crippen LogP contribution in [0.1, 0.15) is 18.6 Å². The highest BCUT2D eigenvalue weighted by atomic mass is 19.3. The zero-order valence-corrected chi connectivity index (χ0v) is 9.10. The van der Waals surface area contributed by atoms with Crippen molar-refractivity contribution in [2.75, 3.05) is 6.61 Å². The molecule has 0 amide bonds. The molecule has 0 aromatic heterocycles. The van der Waals surface area contributed by atoms with Crippen LogP contribution in [0.5, 0.6) is 5.75 Å². The minimum atomic E-state index is -2.91. The fourth-order valence-electron chi connectivity index (χ4n) is 1.19. The minimum Gasteiger partial charge on any atom is -0.464 e. The van der Waals surface area contributed by atoms with Crippen LogP contribution >= 0.6 is 0 Å². The number of aliphatic hydroxyl groups is 1. The lowest BCUT2D eigenvalue weighted by Crippen LogP contribution is -2.15. The summed E-state index contributed by atoms with van der Waals surface area (Å²) in [7, 11) is 0. The summed E-state index contributed by atoms with van der Waals surface area (Å²) < 4.78 is 32.5. The maximum atomic E-state index is 11.9. The van der Waals surface area contributed by atoms with E-state index in [2.05, 4.69) is 9.47 Å². The Kier molecular flexibility index (Phi) is 4.84. The van der Waals surface area contributed by atoms with Crippen molar-refractivity contribution in [1.82, 2.24) is 0 Å². The molecule has 1 atom stereocenters. The van der Waals surface area contributed by atoms with E-state index in [0.29, 0.717) is 0 Å². The predicted octanol–water partition coefficient (Wildman–Crippen LogP) is 1.88. The van der Waals surface area contributed by atoms with Gasteiger partial charge in [-0.15, -0.1) is 0 Å². The Balaban J connectivity index is 2.70. The lowest BCUT2D eigenvalue weighted by molar-refractivity contribution is -0.153. The Labute approximate surface area is 96.8 Å². The first-order valence-corrected chi connectivity index (χ1v) is 4.94. The van der Waals surface area contributed by atoms with Crippen molar-refractivity contribution in [2.45, 2.75) is 19.6 Å². The summed E-state index contributed by atoms with van der Waals surface area (Å²) in [6.07, 6.45) is -1.42. The molecule has 0 saturated carbocycles. The van der Waals surface area contributed by atoms with Gasteiger partial charge in [0.05, 0.1) is 6.61 Å². The van der Waals surface area contributed by atoms with Crippen LogP contribution in [0.4, 0.5) is 8.78 Å². The second kappa shape index (κ2) is 6.15. The number of carbonyl (C=O) groups excluding carboxylic acids is 1. The van der Waals surface area contributed by atoms with E-state index in [1.54, 1.807) is 6.92 Å². The number of carbonyl (C=O) groups is 1. The summed E-state index contributed by atoms with van der Waals surface area (Å²) >= 11 is 0. The second-order valence-electron chi connectivity index (χ2n) is 3.10. The lowest BCUT2D eigenvalue weighted by atomic mass is 10.1. The standard InChI is InChI=1S/C11H12F2O4/c1-2-16-10(15)9(14)7-3-5-8(6-4-7)17-11(12)13/h3-6,9,11,14H,2H2,1H3. The number of ether oxygens (including phenoxy) is 2. The van der Waals surface area contributed by atoms with Gasteiger partial charge in [0.1, 0.15) is 5.75 Å². The molecule has 4 nitrogen and oxygen atoms in total. The number of rotatable bonds is 5. The molecule has 1 unspecified atom stereocenters. The first-order chi connectivity index (χ1) is 8.04. The van der Waals surface area contributed by atoms with Gasteiger partial charge in [0.25, 0.3) is 0 Å². The number of aliphatic hydroxyl groups excluding tert-OH is 1. The van der Waals surface area contributed by atoms with Crippen molar-refractivity contribution in [3.8, 4) is 5.75 Å². The van der Waals surface area contributed by atoms with Gasteiger partial charge >= 0.3 is 12.6 Å². The molecule has 0 aliphatic carbocycles. The maximum Gasteiger partial charge on any atom is 0.387 e. The molecular formula is C11H12F2O4.